The summed E-state index contributed by atoms with van der Waals surface area (Å²) in [6.07, 6.45) is 2.98. The van der Waals surface area contributed by atoms with Gasteiger partial charge in [0, 0.05) is 16.1 Å². The van der Waals surface area contributed by atoms with Crippen LogP contribution in [0.5, 0.6) is 5.75 Å². The summed E-state index contributed by atoms with van der Waals surface area (Å²) in [6, 6.07) is 12.4. The van der Waals surface area contributed by atoms with Crippen molar-refractivity contribution in [3.8, 4) is 5.75 Å². The van der Waals surface area contributed by atoms with Crippen molar-refractivity contribution < 1.29 is 14.3 Å². The lowest BCUT2D eigenvalue weighted by molar-refractivity contribution is -0.115. The van der Waals surface area contributed by atoms with Gasteiger partial charge in [-0.05, 0) is 60.6 Å². The van der Waals surface area contributed by atoms with E-state index in [9.17, 15) is 9.59 Å². The molecule has 8 heteroatoms. The first-order valence-corrected chi connectivity index (χ1v) is 9.09. The maximum Gasteiger partial charge on any atom is 0.269 e. The molecule has 0 aromatic heterocycles. The van der Waals surface area contributed by atoms with Crippen LogP contribution in [0, 0.1) is 6.92 Å². The Hall–Kier alpha value is -2.71. The summed E-state index contributed by atoms with van der Waals surface area (Å²) >= 11 is 8.37. The molecule has 0 aliphatic heterocycles. The van der Waals surface area contributed by atoms with Crippen LogP contribution >= 0.6 is 28.1 Å². The van der Waals surface area contributed by atoms with Crippen LogP contribution < -0.4 is 20.9 Å². The highest BCUT2D eigenvalue weighted by Crippen LogP contribution is 2.17. The van der Waals surface area contributed by atoms with E-state index in [0.717, 1.165) is 21.3 Å². The van der Waals surface area contributed by atoms with E-state index in [1.807, 2.05) is 25.1 Å². The van der Waals surface area contributed by atoms with Crippen LogP contribution in [0.1, 0.15) is 21.5 Å². The van der Waals surface area contributed by atoms with Gasteiger partial charge >= 0.3 is 0 Å². The Morgan fingerprint density at radius 3 is 2.44 bits per heavy atom. The Balaban J connectivity index is 1.81. The smallest absolute Gasteiger partial charge is 0.269 e. The van der Waals surface area contributed by atoms with Gasteiger partial charge in [-0.25, -0.2) is 0 Å². The largest absolute Gasteiger partial charge is 0.497 e. The summed E-state index contributed by atoms with van der Waals surface area (Å²) in [6.45, 7) is 1.92. The van der Waals surface area contributed by atoms with Gasteiger partial charge in [0.1, 0.15) is 5.75 Å². The van der Waals surface area contributed by atoms with Crippen molar-refractivity contribution in [2.24, 2.45) is 0 Å². The maximum atomic E-state index is 12.1. The number of ether oxygens (including phenoxy) is 1. The highest BCUT2D eigenvalue weighted by atomic mass is 79.9. The minimum absolute atomic E-state index is 0.0149. The first-order valence-electron chi connectivity index (χ1n) is 7.88. The van der Waals surface area contributed by atoms with Crippen LogP contribution in [-0.2, 0) is 4.79 Å². The Morgan fingerprint density at radius 1 is 1.11 bits per heavy atom. The second-order valence-electron chi connectivity index (χ2n) is 5.47. The molecular formula is C19H18BrN3O3S. The van der Waals surface area contributed by atoms with Crippen LogP contribution in [0.4, 0.5) is 0 Å². The molecule has 2 aromatic rings. The standard InChI is InChI=1S/C19H18BrN3O3S/c1-12-3-7-14(11-16(12)20)18(25)22-23-19(27)21-17(24)10-6-13-4-8-15(26-2)9-5-13/h3-11H,1-2H3,(H,22,25)(H2,21,23,24,27)/b10-6+. The van der Waals surface area contributed by atoms with Gasteiger partial charge in [-0.3, -0.25) is 25.8 Å². The maximum absolute atomic E-state index is 12.1. The first-order chi connectivity index (χ1) is 12.9. The third kappa shape index (κ3) is 6.50. The minimum atomic E-state index is -0.421. The number of methoxy groups -OCH3 is 1. The molecule has 3 N–H and O–H groups in total. The zero-order valence-electron chi connectivity index (χ0n) is 14.7. The molecular weight excluding hydrogens is 430 g/mol. The van der Waals surface area contributed by atoms with Crippen molar-refractivity contribution in [3.05, 3.63) is 69.7 Å². The molecule has 0 bridgehead atoms. The number of amides is 2. The Bertz CT molecular complexity index is 882. The summed E-state index contributed by atoms with van der Waals surface area (Å²) in [7, 11) is 1.59. The molecule has 2 amide bonds. The Labute approximate surface area is 171 Å². The van der Waals surface area contributed by atoms with Gasteiger partial charge in [0.25, 0.3) is 5.91 Å². The van der Waals surface area contributed by atoms with Crippen LogP contribution in [0.25, 0.3) is 6.08 Å². The third-order valence-corrected chi connectivity index (χ3v) is 4.56. The lowest BCUT2D eigenvalue weighted by Gasteiger charge is -2.10. The third-order valence-electron chi connectivity index (χ3n) is 3.50. The quantitative estimate of drug-likeness (QED) is 0.381. The van der Waals surface area contributed by atoms with Gasteiger partial charge in [0.2, 0.25) is 5.91 Å². The van der Waals surface area contributed by atoms with E-state index in [4.69, 9.17) is 17.0 Å². The van der Waals surface area contributed by atoms with Crippen LogP contribution in [0.2, 0.25) is 0 Å². The van der Waals surface area contributed by atoms with E-state index >= 15 is 0 Å². The Morgan fingerprint density at radius 2 is 1.81 bits per heavy atom. The zero-order valence-corrected chi connectivity index (χ0v) is 17.1. The number of carbonyl (C=O) groups excluding carboxylic acids is 2. The van der Waals surface area contributed by atoms with Crippen molar-refractivity contribution >= 4 is 51.2 Å². The fraction of sp³-hybridized carbons (Fsp3) is 0.105. The number of hydrogen-bond donors (Lipinski definition) is 3. The number of carbonyl (C=O) groups is 2. The van der Waals surface area contributed by atoms with Gasteiger partial charge in [0.05, 0.1) is 7.11 Å². The monoisotopic (exact) mass is 447 g/mol. The molecule has 0 fully saturated rings. The SMILES string of the molecule is COc1ccc(/C=C/C(=O)NC(=S)NNC(=O)c2ccc(C)c(Br)c2)cc1. The Kier molecular flexibility index (Phi) is 7.51. The molecule has 0 aliphatic carbocycles. The number of thiocarbonyl (C=S) groups is 1. The number of nitrogens with one attached hydrogen (secondary N) is 3. The predicted octanol–water partition coefficient (Wildman–Crippen LogP) is 3.12. The van der Waals surface area contributed by atoms with E-state index < -0.39 is 5.91 Å². The van der Waals surface area contributed by atoms with E-state index in [-0.39, 0.29) is 11.0 Å². The summed E-state index contributed by atoms with van der Waals surface area (Å²) in [4.78, 5) is 23.9. The number of hydrogen-bond acceptors (Lipinski definition) is 4. The van der Waals surface area contributed by atoms with Crippen molar-refractivity contribution in [1.29, 1.82) is 0 Å². The van der Waals surface area contributed by atoms with Crippen LogP contribution in [-0.4, -0.2) is 24.0 Å². The van der Waals surface area contributed by atoms with Crippen molar-refractivity contribution in [1.82, 2.24) is 16.2 Å². The van der Waals surface area contributed by atoms with Gasteiger partial charge in [0.15, 0.2) is 5.11 Å². The molecule has 0 aliphatic rings. The summed E-state index contributed by atoms with van der Waals surface area (Å²) in [5.41, 5.74) is 7.23. The number of hydrazine groups is 1. The molecule has 6 nitrogen and oxygen atoms in total. The van der Waals surface area contributed by atoms with Crippen LogP contribution in [0.15, 0.2) is 53.0 Å². The predicted molar refractivity (Wildman–Crippen MR) is 112 cm³/mol. The number of aryl methyl sites for hydroxylation is 1. The highest BCUT2D eigenvalue weighted by Gasteiger charge is 2.08. The van der Waals surface area contributed by atoms with Crippen molar-refractivity contribution in [2.75, 3.05) is 7.11 Å². The van der Waals surface area contributed by atoms with E-state index in [1.165, 1.54) is 6.08 Å². The van der Waals surface area contributed by atoms with Gasteiger partial charge in [-0.2, -0.15) is 0 Å². The number of benzene rings is 2. The van der Waals surface area contributed by atoms with Gasteiger partial charge < -0.3 is 4.74 Å². The number of halogens is 1. The topological polar surface area (TPSA) is 79.5 Å². The van der Waals surface area contributed by atoms with Crippen LogP contribution in [0.3, 0.4) is 0 Å². The molecule has 0 radical (unpaired) electrons. The fourth-order valence-electron chi connectivity index (χ4n) is 1.99. The molecule has 0 spiro atoms. The summed E-state index contributed by atoms with van der Waals surface area (Å²) in [5.74, 6) is -0.0601. The molecule has 27 heavy (non-hydrogen) atoms. The highest BCUT2D eigenvalue weighted by molar-refractivity contribution is 9.10. The normalized spacial score (nSPS) is 10.3. The van der Waals surface area contributed by atoms with Gasteiger partial charge in [-0.15, -0.1) is 0 Å². The molecule has 2 rings (SSSR count). The molecule has 0 heterocycles. The molecule has 140 valence electrons. The second kappa shape index (κ2) is 9.84. The molecule has 0 unspecified atom stereocenters. The van der Waals surface area contributed by atoms with Crippen molar-refractivity contribution in [2.45, 2.75) is 6.92 Å². The zero-order chi connectivity index (χ0) is 19.8. The molecule has 0 atom stereocenters. The van der Waals surface area contributed by atoms with Crippen molar-refractivity contribution in [3.63, 3.8) is 0 Å². The second-order valence-corrected chi connectivity index (χ2v) is 6.73. The lowest BCUT2D eigenvalue weighted by Crippen LogP contribution is -2.48. The van der Waals surface area contributed by atoms with E-state index in [0.29, 0.717) is 5.56 Å². The van der Waals surface area contributed by atoms with Gasteiger partial charge in [-0.1, -0.05) is 34.1 Å². The molecule has 0 saturated carbocycles. The fourth-order valence-corrected chi connectivity index (χ4v) is 2.52. The molecule has 2 aromatic carbocycles. The minimum Gasteiger partial charge on any atom is -0.497 e. The summed E-state index contributed by atoms with van der Waals surface area (Å²) < 4.78 is 5.90. The first kappa shape index (κ1) is 20.6. The molecule has 0 saturated heterocycles. The number of rotatable bonds is 4. The average molecular weight is 448 g/mol. The average Bonchev–Trinajstić information content (AvgIpc) is 2.67. The summed E-state index contributed by atoms with van der Waals surface area (Å²) in [5, 5.41) is 2.43. The van der Waals surface area contributed by atoms with E-state index in [2.05, 4.69) is 32.1 Å². The lowest BCUT2D eigenvalue weighted by atomic mass is 10.1. The van der Waals surface area contributed by atoms with E-state index in [1.54, 1.807) is 37.5 Å².